The van der Waals surface area contributed by atoms with Crippen molar-refractivity contribution in [2.75, 3.05) is 0 Å². The van der Waals surface area contributed by atoms with E-state index in [0.29, 0.717) is 19.6 Å². The van der Waals surface area contributed by atoms with E-state index < -0.39 is 12.0 Å². The number of nitrogens with one attached hydrogen (secondary N) is 1. The Morgan fingerprint density at radius 2 is 1.88 bits per heavy atom. The van der Waals surface area contributed by atoms with Crippen molar-refractivity contribution < 1.29 is 14.6 Å². The molecule has 4 nitrogen and oxygen atoms in total. The molecule has 0 bridgehead atoms. The first kappa shape index (κ1) is 18.0. The van der Waals surface area contributed by atoms with Crippen molar-refractivity contribution >= 4 is 5.97 Å². The van der Waals surface area contributed by atoms with Gasteiger partial charge in [-0.3, -0.25) is 4.79 Å². The van der Waals surface area contributed by atoms with Crippen molar-refractivity contribution in [2.24, 2.45) is 0 Å². The summed E-state index contributed by atoms with van der Waals surface area (Å²) in [5, 5.41) is 12.4. The van der Waals surface area contributed by atoms with Crippen LogP contribution in [0.3, 0.4) is 0 Å². The van der Waals surface area contributed by atoms with E-state index in [4.69, 9.17) is 4.74 Å². The Hall–Kier alpha value is -2.33. The molecular weight excluding hydrogens is 302 g/mol. The quantitative estimate of drug-likeness (QED) is 0.692. The van der Waals surface area contributed by atoms with E-state index in [2.05, 4.69) is 12.2 Å². The number of rotatable bonds is 10. The normalized spacial score (nSPS) is 11.9. The molecule has 2 aromatic rings. The fourth-order valence-corrected chi connectivity index (χ4v) is 2.45. The lowest BCUT2D eigenvalue weighted by Crippen LogP contribution is -2.36. The summed E-state index contributed by atoms with van der Waals surface area (Å²) < 4.78 is 5.81. The molecule has 0 saturated heterocycles. The van der Waals surface area contributed by atoms with Gasteiger partial charge >= 0.3 is 5.97 Å². The minimum atomic E-state index is -0.792. The predicted molar refractivity (Wildman–Crippen MR) is 95.0 cm³/mol. The Bertz CT molecular complexity index is 628. The molecule has 0 heterocycles. The molecule has 2 N–H and O–H groups in total. The molecule has 0 spiro atoms. The van der Waals surface area contributed by atoms with Crippen molar-refractivity contribution in [3.8, 4) is 5.75 Å². The Kier molecular flexibility index (Phi) is 7.30. The first-order chi connectivity index (χ1) is 11.7. The summed E-state index contributed by atoms with van der Waals surface area (Å²) in [7, 11) is 0. The van der Waals surface area contributed by atoms with Gasteiger partial charge < -0.3 is 15.2 Å². The number of carbonyl (C=O) groups is 1. The molecule has 1 atom stereocenters. The van der Waals surface area contributed by atoms with Gasteiger partial charge in [0, 0.05) is 6.54 Å². The zero-order valence-electron chi connectivity index (χ0n) is 14.1. The third-order valence-electron chi connectivity index (χ3n) is 3.84. The van der Waals surface area contributed by atoms with Gasteiger partial charge in [-0.1, -0.05) is 62.2 Å². The summed E-state index contributed by atoms with van der Waals surface area (Å²) in [6, 6.07) is 17.3. The van der Waals surface area contributed by atoms with Gasteiger partial charge in [0.15, 0.2) is 0 Å². The summed E-state index contributed by atoms with van der Waals surface area (Å²) in [6.07, 6.45) is 2.55. The van der Waals surface area contributed by atoms with Crippen LogP contribution in [0.2, 0.25) is 0 Å². The molecule has 0 saturated carbocycles. The number of aliphatic carboxylic acids is 1. The summed E-state index contributed by atoms with van der Waals surface area (Å²) in [5.74, 6) is -0.00137. The molecule has 0 aliphatic heterocycles. The van der Waals surface area contributed by atoms with E-state index in [1.807, 2.05) is 54.6 Å². The summed E-state index contributed by atoms with van der Waals surface area (Å²) >= 11 is 0. The highest BCUT2D eigenvalue weighted by molar-refractivity contribution is 5.73. The van der Waals surface area contributed by atoms with Gasteiger partial charge in [0.1, 0.15) is 18.4 Å². The number of carboxylic acid groups (broad SMARTS) is 1. The smallest absolute Gasteiger partial charge is 0.320 e. The number of benzene rings is 2. The fraction of sp³-hybridized carbons (Fsp3) is 0.350. The number of unbranched alkanes of at least 4 members (excludes halogenated alkanes) is 1. The van der Waals surface area contributed by atoms with Crippen LogP contribution in [0, 0.1) is 0 Å². The van der Waals surface area contributed by atoms with Gasteiger partial charge in [-0.2, -0.15) is 0 Å². The Labute approximate surface area is 143 Å². The van der Waals surface area contributed by atoms with Gasteiger partial charge in [-0.25, -0.2) is 0 Å². The Balaban J connectivity index is 1.88. The highest BCUT2D eigenvalue weighted by atomic mass is 16.5. The maximum Gasteiger partial charge on any atom is 0.320 e. The lowest BCUT2D eigenvalue weighted by molar-refractivity contribution is -0.139. The molecular formula is C20H25NO3. The van der Waals surface area contributed by atoms with E-state index >= 15 is 0 Å². The lowest BCUT2D eigenvalue weighted by Gasteiger charge is -2.14. The number of ether oxygens (including phenoxy) is 1. The molecule has 0 amide bonds. The second-order valence-corrected chi connectivity index (χ2v) is 5.84. The van der Waals surface area contributed by atoms with Gasteiger partial charge in [0.2, 0.25) is 0 Å². The average molecular weight is 327 g/mol. The SMILES string of the molecule is CCCC[C@H](NCc1cccc(OCc2ccccc2)c1)C(=O)O. The topological polar surface area (TPSA) is 58.6 Å². The molecule has 2 rings (SSSR count). The second kappa shape index (κ2) is 9.73. The Morgan fingerprint density at radius 3 is 2.58 bits per heavy atom. The van der Waals surface area contributed by atoms with Crippen molar-refractivity contribution in [1.82, 2.24) is 5.32 Å². The molecule has 4 heteroatoms. The molecule has 24 heavy (non-hydrogen) atoms. The maximum absolute atomic E-state index is 11.3. The first-order valence-corrected chi connectivity index (χ1v) is 8.41. The number of hydrogen-bond acceptors (Lipinski definition) is 3. The van der Waals surface area contributed by atoms with Crippen LogP contribution in [0.25, 0.3) is 0 Å². The largest absolute Gasteiger partial charge is 0.489 e. The maximum atomic E-state index is 11.3. The van der Waals surface area contributed by atoms with E-state index in [9.17, 15) is 9.90 Å². The molecule has 0 aliphatic carbocycles. The monoisotopic (exact) mass is 327 g/mol. The molecule has 0 radical (unpaired) electrons. The number of carboxylic acids is 1. The zero-order valence-corrected chi connectivity index (χ0v) is 14.1. The average Bonchev–Trinajstić information content (AvgIpc) is 2.61. The first-order valence-electron chi connectivity index (χ1n) is 8.41. The van der Waals surface area contributed by atoms with E-state index in [1.54, 1.807) is 0 Å². The van der Waals surface area contributed by atoms with Crippen molar-refractivity contribution in [3.63, 3.8) is 0 Å². The third kappa shape index (κ3) is 6.05. The van der Waals surface area contributed by atoms with Crippen LogP contribution in [0.15, 0.2) is 54.6 Å². The molecule has 0 unspecified atom stereocenters. The van der Waals surface area contributed by atoms with E-state index in [1.165, 1.54) is 0 Å². The van der Waals surface area contributed by atoms with Crippen LogP contribution in [-0.4, -0.2) is 17.1 Å². The molecule has 128 valence electrons. The minimum Gasteiger partial charge on any atom is -0.489 e. The van der Waals surface area contributed by atoms with Crippen molar-refractivity contribution in [1.29, 1.82) is 0 Å². The lowest BCUT2D eigenvalue weighted by atomic mass is 10.1. The van der Waals surface area contributed by atoms with E-state index in [-0.39, 0.29) is 0 Å². The van der Waals surface area contributed by atoms with Crippen LogP contribution >= 0.6 is 0 Å². The van der Waals surface area contributed by atoms with Gasteiger partial charge in [-0.05, 0) is 29.7 Å². The molecule has 2 aromatic carbocycles. The summed E-state index contributed by atoms with van der Waals surface area (Å²) in [5.41, 5.74) is 2.13. The predicted octanol–water partition coefficient (Wildman–Crippen LogP) is 4.00. The van der Waals surface area contributed by atoms with Crippen LogP contribution in [0.1, 0.15) is 37.3 Å². The van der Waals surface area contributed by atoms with Gasteiger partial charge in [-0.15, -0.1) is 0 Å². The second-order valence-electron chi connectivity index (χ2n) is 5.84. The summed E-state index contributed by atoms with van der Waals surface area (Å²) in [6.45, 7) is 3.10. The Morgan fingerprint density at radius 1 is 1.12 bits per heavy atom. The zero-order chi connectivity index (χ0) is 17.2. The van der Waals surface area contributed by atoms with Gasteiger partial charge in [0.25, 0.3) is 0 Å². The molecule has 0 aliphatic rings. The summed E-state index contributed by atoms with van der Waals surface area (Å²) in [4.78, 5) is 11.3. The van der Waals surface area contributed by atoms with Crippen LogP contribution in [0.4, 0.5) is 0 Å². The number of hydrogen-bond donors (Lipinski definition) is 2. The fourth-order valence-electron chi connectivity index (χ4n) is 2.45. The van der Waals surface area contributed by atoms with Gasteiger partial charge in [0.05, 0.1) is 0 Å². The van der Waals surface area contributed by atoms with Crippen LogP contribution in [-0.2, 0) is 17.9 Å². The van der Waals surface area contributed by atoms with Crippen molar-refractivity contribution in [2.45, 2.75) is 45.4 Å². The van der Waals surface area contributed by atoms with Crippen LogP contribution in [0.5, 0.6) is 5.75 Å². The third-order valence-corrected chi connectivity index (χ3v) is 3.84. The van der Waals surface area contributed by atoms with Crippen LogP contribution < -0.4 is 10.1 Å². The molecule has 0 fully saturated rings. The highest BCUT2D eigenvalue weighted by Gasteiger charge is 2.15. The highest BCUT2D eigenvalue weighted by Crippen LogP contribution is 2.15. The minimum absolute atomic E-state index is 0.501. The molecule has 0 aromatic heterocycles. The van der Waals surface area contributed by atoms with E-state index in [0.717, 1.165) is 29.7 Å². The van der Waals surface area contributed by atoms with Crippen molar-refractivity contribution in [3.05, 3.63) is 65.7 Å². The standard InChI is InChI=1S/C20H25NO3/c1-2-3-12-19(20(22)23)21-14-17-10-7-11-18(13-17)24-15-16-8-5-4-6-9-16/h4-11,13,19,21H,2-3,12,14-15H2,1H3,(H,22,23)/t19-/m0/s1.